The molecule has 6 heteroatoms. The minimum Gasteiger partial charge on any atom is -0.493 e. The van der Waals surface area contributed by atoms with Crippen LogP contribution in [-0.4, -0.2) is 55.5 Å². The lowest BCUT2D eigenvalue weighted by Gasteiger charge is -2.32. The van der Waals surface area contributed by atoms with E-state index < -0.39 is 0 Å². The van der Waals surface area contributed by atoms with Gasteiger partial charge in [0.1, 0.15) is 0 Å². The van der Waals surface area contributed by atoms with Gasteiger partial charge >= 0.3 is 0 Å². The molecule has 33 heavy (non-hydrogen) atoms. The molecule has 0 saturated heterocycles. The Kier molecular flexibility index (Phi) is 9.16. The van der Waals surface area contributed by atoms with Crippen LogP contribution < -0.4 is 9.47 Å². The number of rotatable bonds is 11. The summed E-state index contributed by atoms with van der Waals surface area (Å²) in [6, 6.07) is 14.1. The highest BCUT2D eigenvalue weighted by atomic mass is 16.5. The normalized spacial score (nSPS) is 12.8. The van der Waals surface area contributed by atoms with Crippen LogP contribution in [-0.2, 0) is 29.0 Å². The molecule has 0 bridgehead atoms. The van der Waals surface area contributed by atoms with E-state index in [4.69, 9.17) is 9.47 Å². The van der Waals surface area contributed by atoms with Crippen LogP contribution in [0.5, 0.6) is 11.5 Å². The van der Waals surface area contributed by atoms with E-state index in [1.54, 1.807) is 19.1 Å². The maximum absolute atomic E-state index is 13.2. The van der Waals surface area contributed by atoms with E-state index in [1.165, 1.54) is 11.1 Å². The number of fused-ring (bicyclic) bond motifs is 1. The van der Waals surface area contributed by atoms with Crippen molar-refractivity contribution in [2.75, 3.05) is 33.9 Å². The number of methoxy groups -OCH3 is 2. The molecule has 0 fully saturated rings. The number of carbonyl (C=O) groups excluding carboxylic acids is 2. The van der Waals surface area contributed by atoms with E-state index in [0.717, 1.165) is 37.7 Å². The molecule has 0 aromatic heterocycles. The number of unbranched alkanes of at least 4 members (excludes halogenated alkanes) is 2. The average molecular weight is 453 g/mol. The second-order valence-corrected chi connectivity index (χ2v) is 8.55. The Morgan fingerprint density at radius 3 is 2.36 bits per heavy atom. The van der Waals surface area contributed by atoms with E-state index in [-0.39, 0.29) is 18.4 Å². The zero-order valence-corrected chi connectivity index (χ0v) is 20.1. The van der Waals surface area contributed by atoms with Gasteiger partial charge in [0.25, 0.3) is 0 Å². The largest absolute Gasteiger partial charge is 0.493 e. The molecular formula is C27H36N2O4. The number of ether oxygens (including phenoxy) is 2. The monoisotopic (exact) mass is 452 g/mol. The van der Waals surface area contributed by atoms with Crippen LogP contribution in [0, 0.1) is 0 Å². The molecule has 0 radical (unpaired) electrons. The highest BCUT2D eigenvalue weighted by molar-refractivity contribution is 5.85. The number of hydrogen-bond acceptors (Lipinski definition) is 4. The fraction of sp³-hybridized carbons (Fsp3) is 0.481. The van der Waals surface area contributed by atoms with Crippen molar-refractivity contribution in [2.24, 2.45) is 0 Å². The Bertz CT molecular complexity index is 929. The standard InChI is InChI=1S/C27H36N2O4/c1-4-5-7-12-26(30)29(15-13-21-10-8-6-9-11-21)20-27(31)28-16-14-22-17-24(32-2)25(33-3)18-23(22)19-28/h6,8-11,17-18H,4-5,7,12-16,19-20H2,1-3H3. The number of hydrogen-bond donors (Lipinski definition) is 0. The predicted molar refractivity (Wildman–Crippen MR) is 130 cm³/mol. The van der Waals surface area contributed by atoms with Crippen LogP contribution in [0.3, 0.4) is 0 Å². The molecule has 1 heterocycles. The summed E-state index contributed by atoms with van der Waals surface area (Å²) in [4.78, 5) is 29.7. The molecule has 3 rings (SSSR count). The Morgan fingerprint density at radius 2 is 1.70 bits per heavy atom. The smallest absolute Gasteiger partial charge is 0.242 e. The zero-order chi connectivity index (χ0) is 23.6. The van der Waals surface area contributed by atoms with Crippen molar-refractivity contribution >= 4 is 11.8 Å². The zero-order valence-electron chi connectivity index (χ0n) is 20.1. The third-order valence-electron chi connectivity index (χ3n) is 6.26. The van der Waals surface area contributed by atoms with Crippen molar-refractivity contribution in [2.45, 2.75) is 52.0 Å². The van der Waals surface area contributed by atoms with Crippen LogP contribution >= 0.6 is 0 Å². The Labute approximate surface area is 197 Å². The van der Waals surface area contributed by atoms with Gasteiger partial charge in [-0.05, 0) is 48.1 Å². The van der Waals surface area contributed by atoms with Gasteiger partial charge in [-0.15, -0.1) is 0 Å². The van der Waals surface area contributed by atoms with Crippen molar-refractivity contribution < 1.29 is 19.1 Å². The summed E-state index contributed by atoms with van der Waals surface area (Å²) in [7, 11) is 3.25. The van der Waals surface area contributed by atoms with Gasteiger partial charge < -0.3 is 19.3 Å². The van der Waals surface area contributed by atoms with Crippen molar-refractivity contribution in [1.82, 2.24) is 9.80 Å². The lowest BCUT2D eigenvalue weighted by atomic mass is 9.98. The molecule has 0 unspecified atom stereocenters. The number of nitrogens with zero attached hydrogens (tertiary/aromatic N) is 2. The lowest BCUT2D eigenvalue weighted by molar-refractivity contribution is -0.141. The molecule has 0 N–H and O–H groups in total. The molecule has 0 saturated carbocycles. The first-order valence-corrected chi connectivity index (χ1v) is 11.9. The number of carbonyl (C=O) groups is 2. The Morgan fingerprint density at radius 1 is 1.00 bits per heavy atom. The summed E-state index contributed by atoms with van der Waals surface area (Å²) >= 11 is 0. The van der Waals surface area contributed by atoms with Crippen molar-refractivity contribution in [3.8, 4) is 11.5 Å². The van der Waals surface area contributed by atoms with Crippen molar-refractivity contribution in [3.05, 3.63) is 59.2 Å². The summed E-state index contributed by atoms with van der Waals surface area (Å²) in [6.07, 6.45) is 4.96. The number of amides is 2. The van der Waals surface area contributed by atoms with Gasteiger partial charge in [0.05, 0.1) is 20.8 Å². The van der Waals surface area contributed by atoms with Gasteiger partial charge in [-0.1, -0.05) is 50.1 Å². The van der Waals surface area contributed by atoms with Crippen LogP contribution in [0.2, 0.25) is 0 Å². The summed E-state index contributed by atoms with van der Waals surface area (Å²) in [5, 5.41) is 0. The molecule has 2 aromatic carbocycles. The highest BCUT2D eigenvalue weighted by Gasteiger charge is 2.25. The van der Waals surface area contributed by atoms with E-state index in [0.29, 0.717) is 37.6 Å². The van der Waals surface area contributed by atoms with Gasteiger partial charge in [-0.25, -0.2) is 0 Å². The molecular weight excluding hydrogens is 416 g/mol. The predicted octanol–water partition coefficient (Wildman–Crippen LogP) is 4.24. The van der Waals surface area contributed by atoms with E-state index in [2.05, 4.69) is 19.1 Å². The minimum atomic E-state index is -0.00709. The van der Waals surface area contributed by atoms with Crippen LogP contribution in [0.15, 0.2) is 42.5 Å². The molecule has 1 aliphatic heterocycles. The maximum atomic E-state index is 13.2. The molecule has 2 aromatic rings. The molecule has 0 spiro atoms. The third kappa shape index (κ3) is 6.73. The summed E-state index contributed by atoms with van der Waals surface area (Å²) in [5.41, 5.74) is 3.41. The topological polar surface area (TPSA) is 59.1 Å². The first kappa shape index (κ1) is 24.6. The van der Waals surface area contributed by atoms with Crippen molar-refractivity contribution in [3.63, 3.8) is 0 Å². The number of benzene rings is 2. The molecule has 2 amide bonds. The average Bonchev–Trinajstić information content (AvgIpc) is 2.85. The van der Waals surface area contributed by atoms with Gasteiger partial charge in [0.2, 0.25) is 11.8 Å². The van der Waals surface area contributed by atoms with E-state index >= 15 is 0 Å². The Balaban J connectivity index is 1.67. The van der Waals surface area contributed by atoms with Crippen molar-refractivity contribution in [1.29, 1.82) is 0 Å². The molecule has 0 atom stereocenters. The first-order valence-electron chi connectivity index (χ1n) is 11.9. The third-order valence-corrected chi connectivity index (χ3v) is 6.26. The minimum absolute atomic E-state index is 0.00709. The van der Waals surface area contributed by atoms with Crippen LogP contribution in [0.4, 0.5) is 0 Å². The summed E-state index contributed by atoms with van der Waals surface area (Å²) < 4.78 is 10.8. The summed E-state index contributed by atoms with van der Waals surface area (Å²) in [6.45, 7) is 3.96. The quantitative estimate of drug-likeness (QED) is 0.479. The van der Waals surface area contributed by atoms with Gasteiger partial charge in [0, 0.05) is 26.1 Å². The molecule has 6 nitrogen and oxygen atoms in total. The fourth-order valence-corrected chi connectivity index (χ4v) is 4.24. The Hall–Kier alpha value is -3.02. The fourth-order valence-electron chi connectivity index (χ4n) is 4.24. The highest BCUT2D eigenvalue weighted by Crippen LogP contribution is 2.33. The molecule has 0 aliphatic carbocycles. The summed E-state index contributed by atoms with van der Waals surface area (Å²) in [5.74, 6) is 1.44. The maximum Gasteiger partial charge on any atom is 0.242 e. The second kappa shape index (κ2) is 12.3. The van der Waals surface area contributed by atoms with Crippen LogP contribution in [0.1, 0.15) is 49.3 Å². The molecule has 178 valence electrons. The van der Waals surface area contributed by atoms with Gasteiger partial charge in [-0.3, -0.25) is 9.59 Å². The SMILES string of the molecule is CCCCCC(=O)N(CCc1ccccc1)CC(=O)N1CCc2cc(OC)c(OC)cc2C1. The second-order valence-electron chi connectivity index (χ2n) is 8.55. The van der Waals surface area contributed by atoms with Gasteiger partial charge in [0.15, 0.2) is 11.5 Å². The first-order chi connectivity index (χ1) is 16.0. The van der Waals surface area contributed by atoms with Gasteiger partial charge in [-0.2, -0.15) is 0 Å². The lowest BCUT2D eigenvalue weighted by Crippen LogP contribution is -2.45. The van der Waals surface area contributed by atoms with E-state index in [1.807, 2.05) is 35.2 Å². The van der Waals surface area contributed by atoms with Crippen LogP contribution in [0.25, 0.3) is 0 Å². The molecule has 1 aliphatic rings. The van der Waals surface area contributed by atoms with E-state index in [9.17, 15) is 9.59 Å².